The summed E-state index contributed by atoms with van der Waals surface area (Å²) in [4.78, 5) is 0. The van der Waals surface area contributed by atoms with E-state index in [1.165, 1.54) is 27.8 Å². The number of hydrogen-bond acceptors (Lipinski definition) is 0. The zero-order chi connectivity index (χ0) is 18.0. The van der Waals surface area contributed by atoms with Crippen LogP contribution in [0.15, 0.2) is 36.4 Å². The standard InChI is InChI=1S/C24H34/c1-15(2)19-10-9-11-20(12-19)21-13-22(16(3)4)24(18(7)8)23(14-21)17(5)6/h9-18H,1-8H3. The topological polar surface area (TPSA) is 0 Å². The van der Waals surface area contributed by atoms with Gasteiger partial charge in [-0.25, -0.2) is 0 Å². The molecule has 0 aliphatic carbocycles. The maximum Gasteiger partial charge on any atom is -0.0178 e. The van der Waals surface area contributed by atoms with Crippen molar-refractivity contribution < 1.29 is 0 Å². The molecule has 130 valence electrons. The Labute approximate surface area is 149 Å². The first-order chi connectivity index (χ1) is 11.2. The highest BCUT2D eigenvalue weighted by atomic mass is 14.2. The van der Waals surface area contributed by atoms with E-state index >= 15 is 0 Å². The molecule has 2 rings (SSSR count). The Morgan fingerprint density at radius 3 is 1.50 bits per heavy atom. The van der Waals surface area contributed by atoms with Crippen LogP contribution in [0.2, 0.25) is 0 Å². The van der Waals surface area contributed by atoms with E-state index < -0.39 is 0 Å². The average molecular weight is 323 g/mol. The van der Waals surface area contributed by atoms with Gasteiger partial charge in [0.1, 0.15) is 0 Å². The summed E-state index contributed by atoms with van der Waals surface area (Å²) in [6.07, 6.45) is 0. The van der Waals surface area contributed by atoms with Crippen LogP contribution in [0.3, 0.4) is 0 Å². The van der Waals surface area contributed by atoms with Gasteiger partial charge in [0.05, 0.1) is 0 Å². The van der Waals surface area contributed by atoms with E-state index in [-0.39, 0.29) is 0 Å². The lowest BCUT2D eigenvalue weighted by molar-refractivity contribution is 0.749. The second-order valence-corrected chi connectivity index (χ2v) is 8.31. The molecule has 24 heavy (non-hydrogen) atoms. The van der Waals surface area contributed by atoms with E-state index in [0.29, 0.717) is 23.7 Å². The first kappa shape index (κ1) is 18.8. The predicted molar refractivity (Wildman–Crippen MR) is 108 cm³/mol. The molecule has 0 N–H and O–H groups in total. The maximum absolute atomic E-state index is 2.44. The number of hydrogen-bond donors (Lipinski definition) is 0. The fourth-order valence-electron chi connectivity index (χ4n) is 3.56. The largest absolute Gasteiger partial charge is 0.0614 e. The summed E-state index contributed by atoms with van der Waals surface area (Å²) in [5, 5.41) is 0. The van der Waals surface area contributed by atoms with Crippen LogP contribution in [-0.4, -0.2) is 0 Å². The quantitative estimate of drug-likeness (QED) is 0.525. The molecular weight excluding hydrogens is 288 g/mol. The SMILES string of the molecule is CC(C)c1cccc(-c2cc(C(C)C)c(C(C)C)c(C(C)C)c2)c1. The van der Waals surface area contributed by atoms with E-state index in [2.05, 4.69) is 91.8 Å². The van der Waals surface area contributed by atoms with Crippen molar-refractivity contribution in [3.05, 3.63) is 58.7 Å². The molecule has 0 radical (unpaired) electrons. The molecule has 0 aromatic heterocycles. The van der Waals surface area contributed by atoms with Crippen LogP contribution in [0.5, 0.6) is 0 Å². The zero-order valence-electron chi connectivity index (χ0n) is 16.8. The molecule has 0 amide bonds. The van der Waals surface area contributed by atoms with E-state index in [4.69, 9.17) is 0 Å². The van der Waals surface area contributed by atoms with Crippen LogP contribution in [0.1, 0.15) is 101 Å². The molecule has 0 heterocycles. The van der Waals surface area contributed by atoms with Gasteiger partial charge in [-0.3, -0.25) is 0 Å². The number of benzene rings is 2. The first-order valence-electron chi connectivity index (χ1n) is 9.50. The zero-order valence-corrected chi connectivity index (χ0v) is 16.8. The Balaban J connectivity index is 2.70. The third-order valence-corrected chi connectivity index (χ3v) is 4.95. The second-order valence-electron chi connectivity index (χ2n) is 8.31. The molecule has 2 aromatic carbocycles. The van der Waals surface area contributed by atoms with Gasteiger partial charge in [0.15, 0.2) is 0 Å². The van der Waals surface area contributed by atoms with Crippen LogP contribution in [0.25, 0.3) is 11.1 Å². The van der Waals surface area contributed by atoms with Crippen molar-refractivity contribution in [1.29, 1.82) is 0 Å². The summed E-state index contributed by atoms with van der Waals surface area (Å²) in [6, 6.07) is 13.9. The lowest BCUT2D eigenvalue weighted by Crippen LogP contribution is -2.06. The third kappa shape index (κ3) is 3.91. The van der Waals surface area contributed by atoms with Crippen molar-refractivity contribution >= 4 is 0 Å². The molecule has 0 saturated carbocycles. The summed E-state index contributed by atoms with van der Waals surface area (Å²) < 4.78 is 0. The number of rotatable bonds is 5. The molecule has 0 atom stereocenters. The molecule has 0 bridgehead atoms. The van der Waals surface area contributed by atoms with Gasteiger partial charge >= 0.3 is 0 Å². The van der Waals surface area contributed by atoms with E-state index in [0.717, 1.165) is 0 Å². The molecule has 0 fully saturated rings. The summed E-state index contributed by atoms with van der Waals surface area (Å²) in [7, 11) is 0. The van der Waals surface area contributed by atoms with Gasteiger partial charge in [0.2, 0.25) is 0 Å². The van der Waals surface area contributed by atoms with Gasteiger partial charge in [-0.1, -0.05) is 91.8 Å². The normalized spacial score (nSPS) is 12.0. The second kappa shape index (κ2) is 7.55. The van der Waals surface area contributed by atoms with Crippen LogP contribution >= 0.6 is 0 Å². The smallest absolute Gasteiger partial charge is 0.0178 e. The van der Waals surface area contributed by atoms with Crippen molar-refractivity contribution in [1.82, 2.24) is 0 Å². The van der Waals surface area contributed by atoms with Crippen LogP contribution < -0.4 is 0 Å². The Hall–Kier alpha value is -1.56. The van der Waals surface area contributed by atoms with Gasteiger partial charge in [-0.15, -0.1) is 0 Å². The van der Waals surface area contributed by atoms with Gasteiger partial charge in [-0.05, 0) is 57.1 Å². The monoisotopic (exact) mass is 322 g/mol. The first-order valence-corrected chi connectivity index (χ1v) is 9.50. The maximum atomic E-state index is 2.44. The Bertz CT molecular complexity index is 658. The summed E-state index contributed by atoms with van der Waals surface area (Å²) in [5.41, 5.74) is 8.72. The van der Waals surface area contributed by atoms with Crippen molar-refractivity contribution in [2.75, 3.05) is 0 Å². The molecule has 0 unspecified atom stereocenters. The summed E-state index contributed by atoms with van der Waals surface area (Å²) in [5.74, 6) is 2.23. The lowest BCUT2D eigenvalue weighted by atomic mass is 9.81. The highest BCUT2D eigenvalue weighted by Gasteiger charge is 2.18. The van der Waals surface area contributed by atoms with Crippen molar-refractivity contribution in [2.24, 2.45) is 0 Å². The van der Waals surface area contributed by atoms with Crippen molar-refractivity contribution in [3.63, 3.8) is 0 Å². The van der Waals surface area contributed by atoms with Gasteiger partial charge in [-0.2, -0.15) is 0 Å². The van der Waals surface area contributed by atoms with Gasteiger partial charge < -0.3 is 0 Å². The lowest BCUT2D eigenvalue weighted by Gasteiger charge is -2.24. The highest BCUT2D eigenvalue weighted by molar-refractivity contribution is 5.68. The minimum absolute atomic E-state index is 0.549. The molecular formula is C24H34. The third-order valence-electron chi connectivity index (χ3n) is 4.95. The molecule has 0 spiro atoms. The van der Waals surface area contributed by atoms with E-state index in [1.54, 1.807) is 5.56 Å². The fraction of sp³-hybridized carbons (Fsp3) is 0.500. The highest BCUT2D eigenvalue weighted by Crippen LogP contribution is 2.37. The molecule has 2 aromatic rings. The van der Waals surface area contributed by atoms with Crippen molar-refractivity contribution in [2.45, 2.75) is 79.1 Å². The molecule has 0 aliphatic heterocycles. The Morgan fingerprint density at radius 2 is 1.08 bits per heavy atom. The van der Waals surface area contributed by atoms with Crippen LogP contribution in [0, 0.1) is 0 Å². The van der Waals surface area contributed by atoms with Crippen LogP contribution in [-0.2, 0) is 0 Å². The summed E-state index contributed by atoms with van der Waals surface area (Å²) in [6.45, 7) is 18.5. The average Bonchev–Trinajstić information content (AvgIpc) is 2.53. The fourth-order valence-corrected chi connectivity index (χ4v) is 3.56. The molecule has 0 saturated heterocycles. The Kier molecular flexibility index (Phi) is 5.91. The van der Waals surface area contributed by atoms with Crippen molar-refractivity contribution in [3.8, 4) is 11.1 Å². The van der Waals surface area contributed by atoms with Gasteiger partial charge in [0, 0.05) is 0 Å². The molecule has 0 aliphatic rings. The molecule has 0 nitrogen and oxygen atoms in total. The Morgan fingerprint density at radius 1 is 0.542 bits per heavy atom. The van der Waals surface area contributed by atoms with Crippen LogP contribution in [0.4, 0.5) is 0 Å². The minimum Gasteiger partial charge on any atom is -0.0614 e. The minimum atomic E-state index is 0.549. The molecule has 0 heteroatoms. The van der Waals surface area contributed by atoms with Gasteiger partial charge in [0.25, 0.3) is 0 Å². The summed E-state index contributed by atoms with van der Waals surface area (Å²) >= 11 is 0. The van der Waals surface area contributed by atoms with E-state index in [1.807, 2.05) is 0 Å². The predicted octanol–water partition coefficient (Wildman–Crippen LogP) is 7.85. The van der Waals surface area contributed by atoms with E-state index in [9.17, 15) is 0 Å².